The summed E-state index contributed by atoms with van der Waals surface area (Å²) >= 11 is 9.25. The van der Waals surface area contributed by atoms with Gasteiger partial charge in [0.25, 0.3) is 0 Å². The van der Waals surface area contributed by atoms with Crippen LogP contribution in [0.3, 0.4) is 0 Å². The molecular formula is C15H13BrClNO4S. The molecule has 8 heteroatoms. The molecule has 0 atom stereocenters. The van der Waals surface area contributed by atoms with Crippen LogP contribution in [0.4, 0.5) is 0 Å². The molecule has 1 aliphatic heterocycles. The lowest BCUT2D eigenvalue weighted by Gasteiger charge is -2.19. The van der Waals surface area contributed by atoms with Crippen LogP contribution in [0, 0.1) is 0 Å². The molecule has 122 valence electrons. The van der Waals surface area contributed by atoms with Crippen molar-refractivity contribution in [2.24, 2.45) is 0 Å². The average molecular weight is 419 g/mol. The van der Waals surface area contributed by atoms with Crippen LogP contribution >= 0.6 is 27.5 Å². The van der Waals surface area contributed by atoms with Crippen LogP contribution in [-0.4, -0.2) is 21.6 Å². The molecule has 2 aromatic carbocycles. The fourth-order valence-corrected chi connectivity index (χ4v) is 4.20. The lowest BCUT2D eigenvalue weighted by atomic mass is 10.2. The summed E-state index contributed by atoms with van der Waals surface area (Å²) in [7, 11) is -3.70. The minimum absolute atomic E-state index is 0.0416. The maximum absolute atomic E-state index is 12.4. The number of hydrogen-bond donors (Lipinski definition) is 1. The first-order chi connectivity index (χ1) is 11.0. The zero-order valence-electron chi connectivity index (χ0n) is 11.9. The van der Waals surface area contributed by atoms with Crippen molar-refractivity contribution < 1.29 is 17.9 Å². The van der Waals surface area contributed by atoms with E-state index in [0.29, 0.717) is 29.2 Å². The summed E-state index contributed by atoms with van der Waals surface area (Å²) in [5, 5.41) is 0.161. The maximum Gasteiger partial charge on any atom is 0.242 e. The van der Waals surface area contributed by atoms with Crippen LogP contribution in [0.2, 0.25) is 5.02 Å². The van der Waals surface area contributed by atoms with Crippen molar-refractivity contribution in [3.8, 4) is 11.5 Å². The van der Waals surface area contributed by atoms with Crippen molar-refractivity contribution in [1.29, 1.82) is 0 Å². The molecule has 0 amide bonds. The van der Waals surface area contributed by atoms with Crippen molar-refractivity contribution in [3.05, 3.63) is 51.5 Å². The normalized spacial score (nSPS) is 13.8. The molecule has 0 unspecified atom stereocenters. The van der Waals surface area contributed by atoms with Crippen molar-refractivity contribution in [2.45, 2.75) is 11.4 Å². The Kier molecular flexibility index (Phi) is 4.82. The highest BCUT2D eigenvalue weighted by atomic mass is 79.9. The zero-order valence-corrected chi connectivity index (χ0v) is 15.0. The highest BCUT2D eigenvalue weighted by Crippen LogP contribution is 2.31. The zero-order chi connectivity index (χ0) is 16.4. The molecule has 0 radical (unpaired) electrons. The van der Waals surface area contributed by atoms with Gasteiger partial charge in [-0.3, -0.25) is 0 Å². The first kappa shape index (κ1) is 16.6. The molecular weight excluding hydrogens is 406 g/mol. The summed E-state index contributed by atoms with van der Waals surface area (Å²) in [6, 6.07) is 9.95. The molecule has 5 nitrogen and oxygen atoms in total. The quantitative estimate of drug-likeness (QED) is 0.827. The second kappa shape index (κ2) is 6.68. The summed E-state index contributed by atoms with van der Waals surface area (Å²) in [4.78, 5) is 0.0416. The summed E-state index contributed by atoms with van der Waals surface area (Å²) in [5.74, 6) is 1.29. The van der Waals surface area contributed by atoms with Gasteiger partial charge in [0.15, 0.2) is 11.5 Å². The van der Waals surface area contributed by atoms with Gasteiger partial charge in [-0.05, 0) is 35.9 Å². The number of sulfonamides is 1. The van der Waals surface area contributed by atoms with E-state index < -0.39 is 10.0 Å². The van der Waals surface area contributed by atoms with Crippen molar-refractivity contribution in [2.75, 3.05) is 13.2 Å². The van der Waals surface area contributed by atoms with Gasteiger partial charge in [0.2, 0.25) is 10.0 Å². The van der Waals surface area contributed by atoms with Crippen LogP contribution in [0.25, 0.3) is 0 Å². The number of hydrogen-bond acceptors (Lipinski definition) is 4. The van der Waals surface area contributed by atoms with Gasteiger partial charge in [-0.15, -0.1) is 0 Å². The molecule has 0 spiro atoms. The summed E-state index contributed by atoms with van der Waals surface area (Å²) in [6.45, 7) is 1.13. The van der Waals surface area contributed by atoms with Gasteiger partial charge in [-0.1, -0.05) is 33.6 Å². The number of nitrogens with one attached hydrogen (secondary N) is 1. The Balaban J connectivity index is 1.76. The summed E-state index contributed by atoms with van der Waals surface area (Å²) in [5.41, 5.74) is 0.769. The van der Waals surface area contributed by atoms with Crippen LogP contribution < -0.4 is 14.2 Å². The van der Waals surface area contributed by atoms with Crippen molar-refractivity contribution in [1.82, 2.24) is 4.72 Å². The van der Waals surface area contributed by atoms with Gasteiger partial charge in [-0.25, -0.2) is 13.1 Å². The fourth-order valence-electron chi connectivity index (χ4n) is 2.15. The second-order valence-corrected chi connectivity index (χ2v) is 7.94. The van der Waals surface area contributed by atoms with Gasteiger partial charge >= 0.3 is 0 Å². The summed E-state index contributed by atoms with van der Waals surface area (Å²) < 4.78 is 38.9. The Hall–Kier alpha value is -1.28. The van der Waals surface area contributed by atoms with Gasteiger partial charge in [0.05, 0.1) is 5.02 Å². The minimum Gasteiger partial charge on any atom is -0.486 e. The molecule has 0 aliphatic carbocycles. The van der Waals surface area contributed by atoms with Crippen LogP contribution in [0.15, 0.2) is 45.8 Å². The molecule has 3 rings (SSSR count). The third kappa shape index (κ3) is 3.80. The molecule has 23 heavy (non-hydrogen) atoms. The standard InChI is InChI=1S/C15H13BrClNO4S/c16-11-2-4-15(12(17)8-11)23(19,20)18-9-10-1-3-13-14(7-10)22-6-5-21-13/h1-4,7-8,18H,5-6,9H2. The molecule has 0 fully saturated rings. The van der Waals surface area contributed by atoms with Crippen LogP contribution in [0.1, 0.15) is 5.56 Å². The monoisotopic (exact) mass is 417 g/mol. The lowest BCUT2D eigenvalue weighted by molar-refractivity contribution is 0.171. The number of fused-ring (bicyclic) bond motifs is 1. The maximum atomic E-state index is 12.4. The Morgan fingerprint density at radius 1 is 1.09 bits per heavy atom. The Labute approximate surface area is 147 Å². The van der Waals surface area contributed by atoms with Crippen molar-refractivity contribution in [3.63, 3.8) is 0 Å². The predicted molar refractivity (Wildman–Crippen MR) is 90.6 cm³/mol. The molecule has 1 aliphatic rings. The highest BCUT2D eigenvalue weighted by Gasteiger charge is 2.18. The van der Waals surface area contributed by atoms with Crippen molar-refractivity contribution >= 4 is 37.6 Å². The predicted octanol–water partition coefficient (Wildman–Crippen LogP) is 3.35. The molecule has 0 bridgehead atoms. The third-order valence-corrected chi connectivity index (χ3v) is 5.63. The molecule has 1 heterocycles. The summed E-state index contributed by atoms with van der Waals surface area (Å²) in [6.07, 6.45) is 0. The molecule has 0 saturated carbocycles. The second-order valence-electron chi connectivity index (χ2n) is 4.88. The Morgan fingerprint density at radius 3 is 2.57 bits per heavy atom. The van der Waals surface area contributed by atoms with Gasteiger partial charge in [0, 0.05) is 11.0 Å². The van der Waals surface area contributed by atoms with E-state index in [4.69, 9.17) is 21.1 Å². The molecule has 2 aromatic rings. The SMILES string of the molecule is O=S(=O)(NCc1ccc2c(c1)OCCO2)c1ccc(Br)cc1Cl. The molecule has 0 aromatic heterocycles. The van der Waals surface area contributed by atoms with E-state index in [0.717, 1.165) is 5.56 Å². The third-order valence-electron chi connectivity index (χ3n) is 3.26. The molecule has 1 N–H and O–H groups in total. The smallest absolute Gasteiger partial charge is 0.242 e. The van der Waals surface area contributed by atoms with E-state index >= 15 is 0 Å². The fraction of sp³-hybridized carbons (Fsp3) is 0.200. The Morgan fingerprint density at radius 2 is 1.83 bits per heavy atom. The van der Waals surface area contributed by atoms with E-state index in [1.54, 1.807) is 30.3 Å². The van der Waals surface area contributed by atoms with Gasteiger partial charge in [-0.2, -0.15) is 0 Å². The van der Waals surface area contributed by atoms with E-state index in [2.05, 4.69) is 20.7 Å². The molecule has 0 saturated heterocycles. The van der Waals surface area contributed by atoms with Crippen LogP contribution in [-0.2, 0) is 16.6 Å². The van der Waals surface area contributed by atoms with Gasteiger partial charge in [0.1, 0.15) is 18.1 Å². The number of ether oxygens (including phenoxy) is 2. The first-order valence-electron chi connectivity index (χ1n) is 6.79. The number of benzene rings is 2. The highest BCUT2D eigenvalue weighted by molar-refractivity contribution is 9.10. The number of halogens is 2. The van der Waals surface area contributed by atoms with Crippen LogP contribution in [0.5, 0.6) is 11.5 Å². The minimum atomic E-state index is -3.70. The van der Waals surface area contributed by atoms with E-state index in [1.807, 2.05) is 0 Å². The lowest BCUT2D eigenvalue weighted by Crippen LogP contribution is -2.23. The largest absolute Gasteiger partial charge is 0.486 e. The first-order valence-corrected chi connectivity index (χ1v) is 9.44. The van der Waals surface area contributed by atoms with Gasteiger partial charge < -0.3 is 9.47 Å². The Bertz CT molecular complexity index is 841. The number of rotatable bonds is 4. The average Bonchev–Trinajstić information content (AvgIpc) is 2.52. The van der Waals surface area contributed by atoms with E-state index in [9.17, 15) is 8.42 Å². The van der Waals surface area contributed by atoms with E-state index in [-0.39, 0.29) is 16.5 Å². The topological polar surface area (TPSA) is 64.6 Å². The van der Waals surface area contributed by atoms with E-state index in [1.165, 1.54) is 6.07 Å².